The molecular weight excluding hydrogens is 264 g/mol. The molecule has 19 heavy (non-hydrogen) atoms. The van der Waals surface area contributed by atoms with E-state index in [1.54, 1.807) is 11.7 Å². The topological polar surface area (TPSA) is 72.9 Å². The molecule has 1 amide bonds. The van der Waals surface area contributed by atoms with Crippen molar-refractivity contribution in [3.05, 3.63) is 17.5 Å². The molecule has 0 aliphatic heterocycles. The highest BCUT2D eigenvalue weighted by Crippen LogP contribution is 2.21. The Bertz CT molecular complexity index is 440. The lowest BCUT2D eigenvalue weighted by molar-refractivity contribution is 0.0936. The molecule has 0 radical (unpaired) electrons. The number of hydrogen-bond donors (Lipinski definition) is 2. The van der Waals surface area contributed by atoms with E-state index in [4.69, 9.17) is 5.73 Å². The standard InChI is InChI=1S/C13H24N4O.ClH/c1-12(2,3)10-7-9(17(6)16-10)11(18)15-8-13(4,5)14;/h7H,8,14H2,1-6H3,(H,15,18);1H. The molecule has 0 fully saturated rings. The largest absolute Gasteiger partial charge is 0.349 e. The van der Waals surface area contributed by atoms with Gasteiger partial charge in [-0.1, -0.05) is 20.8 Å². The number of halogens is 1. The summed E-state index contributed by atoms with van der Waals surface area (Å²) in [6.45, 7) is 10.4. The van der Waals surface area contributed by atoms with Crippen LogP contribution in [-0.2, 0) is 12.5 Å². The monoisotopic (exact) mass is 288 g/mol. The smallest absolute Gasteiger partial charge is 0.269 e. The van der Waals surface area contributed by atoms with Crippen molar-refractivity contribution in [1.82, 2.24) is 15.1 Å². The van der Waals surface area contributed by atoms with Gasteiger partial charge >= 0.3 is 0 Å². The van der Waals surface area contributed by atoms with E-state index in [2.05, 4.69) is 31.2 Å². The van der Waals surface area contributed by atoms with Gasteiger partial charge in [0.2, 0.25) is 0 Å². The summed E-state index contributed by atoms with van der Waals surface area (Å²) < 4.78 is 1.61. The molecule has 110 valence electrons. The predicted molar refractivity (Wildman–Crippen MR) is 79.8 cm³/mol. The van der Waals surface area contributed by atoms with E-state index in [1.165, 1.54) is 0 Å². The molecule has 0 aliphatic rings. The lowest BCUT2D eigenvalue weighted by Gasteiger charge is -2.18. The third-order valence-corrected chi connectivity index (χ3v) is 2.59. The molecule has 6 heteroatoms. The van der Waals surface area contributed by atoms with Crippen molar-refractivity contribution in [1.29, 1.82) is 0 Å². The average molecular weight is 289 g/mol. The maximum absolute atomic E-state index is 12.0. The second-order valence-electron chi connectivity index (χ2n) is 6.46. The highest BCUT2D eigenvalue weighted by Gasteiger charge is 2.22. The Morgan fingerprint density at radius 3 is 2.26 bits per heavy atom. The molecule has 0 saturated carbocycles. The number of carbonyl (C=O) groups excluding carboxylic acids is 1. The number of nitrogens with zero attached hydrogens (tertiary/aromatic N) is 2. The van der Waals surface area contributed by atoms with Crippen molar-refractivity contribution < 1.29 is 4.79 Å². The number of rotatable bonds is 3. The fourth-order valence-electron chi connectivity index (χ4n) is 1.44. The van der Waals surface area contributed by atoms with Crippen LogP contribution in [0.15, 0.2) is 6.07 Å². The normalized spacial score (nSPS) is 11.9. The van der Waals surface area contributed by atoms with E-state index in [0.29, 0.717) is 12.2 Å². The lowest BCUT2D eigenvalue weighted by atomic mass is 9.92. The van der Waals surface area contributed by atoms with E-state index in [-0.39, 0.29) is 23.7 Å². The molecule has 1 rings (SSSR count). The van der Waals surface area contributed by atoms with E-state index in [9.17, 15) is 4.79 Å². The molecule has 0 aromatic carbocycles. The minimum absolute atomic E-state index is 0. The SMILES string of the molecule is Cl.Cn1nc(C(C)(C)C)cc1C(=O)NCC(C)(C)N. The first kappa shape index (κ1) is 17.9. The molecule has 0 aliphatic carbocycles. The molecule has 1 heterocycles. The number of aryl methyl sites for hydroxylation is 1. The van der Waals surface area contributed by atoms with Gasteiger partial charge in [-0.25, -0.2) is 0 Å². The summed E-state index contributed by atoms with van der Waals surface area (Å²) in [5.74, 6) is -0.140. The molecule has 0 unspecified atom stereocenters. The van der Waals surface area contributed by atoms with Crippen LogP contribution in [0.4, 0.5) is 0 Å². The Morgan fingerprint density at radius 2 is 1.89 bits per heavy atom. The lowest BCUT2D eigenvalue weighted by Crippen LogP contribution is -2.45. The summed E-state index contributed by atoms with van der Waals surface area (Å²) in [5, 5.41) is 7.19. The second-order valence-corrected chi connectivity index (χ2v) is 6.46. The number of carbonyl (C=O) groups is 1. The van der Waals surface area contributed by atoms with Crippen molar-refractivity contribution in [2.24, 2.45) is 12.8 Å². The molecule has 0 saturated heterocycles. The van der Waals surface area contributed by atoms with Crippen LogP contribution in [0, 0.1) is 0 Å². The predicted octanol–water partition coefficient (Wildman–Crippen LogP) is 1.61. The fraction of sp³-hybridized carbons (Fsp3) is 0.692. The number of aromatic nitrogens is 2. The first-order valence-electron chi connectivity index (χ1n) is 6.12. The van der Waals surface area contributed by atoms with Gasteiger partial charge < -0.3 is 11.1 Å². The van der Waals surface area contributed by atoms with Gasteiger partial charge in [-0.3, -0.25) is 9.48 Å². The maximum atomic E-state index is 12.0. The zero-order valence-corrected chi connectivity index (χ0v) is 13.4. The van der Waals surface area contributed by atoms with Crippen molar-refractivity contribution in [2.75, 3.05) is 6.54 Å². The zero-order valence-electron chi connectivity index (χ0n) is 12.6. The van der Waals surface area contributed by atoms with Crippen LogP contribution < -0.4 is 11.1 Å². The van der Waals surface area contributed by atoms with Crippen molar-refractivity contribution in [3.8, 4) is 0 Å². The molecule has 1 aromatic rings. The minimum Gasteiger partial charge on any atom is -0.349 e. The summed E-state index contributed by atoms with van der Waals surface area (Å²) in [7, 11) is 1.78. The van der Waals surface area contributed by atoms with Gasteiger partial charge in [-0.15, -0.1) is 12.4 Å². The van der Waals surface area contributed by atoms with Crippen LogP contribution in [0.25, 0.3) is 0 Å². The molecule has 3 N–H and O–H groups in total. The third-order valence-electron chi connectivity index (χ3n) is 2.59. The van der Waals surface area contributed by atoms with Crippen molar-refractivity contribution in [2.45, 2.75) is 45.6 Å². The zero-order chi connectivity index (χ0) is 14.1. The summed E-state index contributed by atoms with van der Waals surface area (Å²) >= 11 is 0. The Morgan fingerprint density at radius 1 is 1.37 bits per heavy atom. The average Bonchev–Trinajstić information content (AvgIpc) is 2.55. The highest BCUT2D eigenvalue weighted by atomic mass is 35.5. The quantitative estimate of drug-likeness (QED) is 0.887. The van der Waals surface area contributed by atoms with Gasteiger partial charge in [0.05, 0.1) is 5.69 Å². The van der Waals surface area contributed by atoms with Crippen LogP contribution in [0.5, 0.6) is 0 Å². The Kier molecular flexibility index (Phi) is 5.59. The van der Waals surface area contributed by atoms with Gasteiger partial charge in [-0.05, 0) is 19.9 Å². The van der Waals surface area contributed by atoms with E-state index in [0.717, 1.165) is 5.69 Å². The van der Waals surface area contributed by atoms with Crippen LogP contribution in [0.3, 0.4) is 0 Å². The number of amides is 1. The second kappa shape index (κ2) is 5.92. The molecular formula is C13H25ClN4O. The minimum atomic E-state index is -0.416. The number of hydrogen-bond acceptors (Lipinski definition) is 3. The Hall–Kier alpha value is -1.07. The molecule has 0 spiro atoms. The number of nitrogens with one attached hydrogen (secondary N) is 1. The van der Waals surface area contributed by atoms with Crippen LogP contribution in [0.1, 0.15) is 50.8 Å². The van der Waals surface area contributed by atoms with Gasteiger partial charge in [0.15, 0.2) is 0 Å². The van der Waals surface area contributed by atoms with E-state index < -0.39 is 5.54 Å². The van der Waals surface area contributed by atoms with E-state index in [1.807, 2.05) is 19.9 Å². The number of nitrogens with two attached hydrogens (primary N) is 1. The van der Waals surface area contributed by atoms with E-state index >= 15 is 0 Å². The van der Waals surface area contributed by atoms with Crippen LogP contribution in [-0.4, -0.2) is 27.8 Å². The third kappa shape index (κ3) is 5.20. The van der Waals surface area contributed by atoms with Crippen molar-refractivity contribution in [3.63, 3.8) is 0 Å². The summed E-state index contributed by atoms with van der Waals surface area (Å²) in [6.07, 6.45) is 0. The van der Waals surface area contributed by atoms with Gasteiger partial charge in [0.1, 0.15) is 5.69 Å². The van der Waals surface area contributed by atoms with Gasteiger partial charge in [-0.2, -0.15) is 5.10 Å². The van der Waals surface area contributed by atoms with Crippen LogP contribution in [0.2, 0.25) is 0 Å². The summed E-state index contributed by atoms with van der Waals surface area (Å²) in [5.41, 5.74) is 6.82. The Labute approximate surface area is 121 Å². The summed E-state index contributed by atoms with van der Waals surface area (Å²) in [6, 6.07) is 1.83. The van der Waals surface area contributed by atoms with Crippen molar-refractivity contribution >= 4 is 18.3 Å². The molecule has 0 atom stereocenters. The van der Waals surface area contributed by atoms with Gasteiger partial charge in [0.25, 0.3) is 5.91 Å². The molecule has 1 aromatic heterocycles. The maximum Gasteiger partial charge on any atom is 0.269 e. The van der Waals surface area contributed by atoms with Crippen LogP contribution >= 0.6 is 12.4 Å². The summed E-state index contributed by atoms with van der Waals surface area (Å²) in [4.78, 5) is 12.0. The molecule has 0 bridgehead atoms. The Balaban J connectivity index is 0.00000324. The van der Waals surface area contributed by atoms with Gasteiger partial charge in [0, 0.05) is 24.5 Å². The molecule has 5 nitrogen and oxygen atoms in total. The fourth-order valence-corrected chi connectivity index (χ4v) is 1.44. The first-order chi connectivity index (χ1) is 8.00. The first-order valence-corrected chi connectivity index (χ1v) is 6.12. The highest BCUT2D eigenvalue weighted by molar-refractivity contribution is 5.92.